The molecule has 0 bridgehead atoms. The van der Waals surface area contributed by atoms with E-state index in [1.165, 1.54) is 57.8 Å². The zero-order valence-corrected chi connectivity index (χ0v) is 13.2. The Bertz CT molecular complexity index is 254. The molecule has 0 spiro atoms. The average Bonchev–Trinajstić information content (AvgIpc) is 2.40. The molecular formula is C17H33NO. The Morgan fingerprint density at radius 3 is 2.42 bits per heavy atom. The van der Waals surface area contributed by atoms with Crippen LogP contribution in [0.2, 0.25) is 0 Å². The molecule has 0 saturated heterocycles. The van der Waals surface area contributed by atoms with E-state index in [-0.39, 0.29) is 0 Å². The van der Waals surface area contributed by atoms with Crippen molar-refractivity contribution in [3.05, 3.63) is 0 Å². The van der Waals surface area contributed by atoms with Gasteiger partial charge < -0.3 is 10.1 Å². The molecule has 2 unspecified atom stereocenters. The maximum atomic E-state index is 6.47. The van der Waals surface area contributed by atoms with Crippen LogP contribution >= 0.6 is 0 Å². The SMILES string of the molecule is CCCNC1CCCCC1OC1CCC(C)(C)CC1. The molecule has 2 atom stereocenters. The summed E-state index contributed by atoms with van der Waals surface area (Å²) in [5.41, 5.74) is 0.548. The fourth-order valence-corrected chi connectivity index (χ4v) is 3.58. The molecule has 1 N–H and O–H groups in total. The molecule has 112 valence electrons. The summed E-state index contributed by atoms with van der Waals surface area (Å²) >= 11 is 0. The standard InChI is InChI=1S/C17H33NO/c1-4-13-18-15-7-5-6-8-16(15)19-14-9-11-17(2,3)12-10-14/h14-16,18H,4-13H2,1-3H3. The van der Waals surface area contributed by atoms with Gasteiger partial charge in [0.05, 0.1) is 12.2 Å². The Labute approximate surface area is 119 Å². The highest BCUT2D eigenvalue weighted by Gasteiger charge is 2.32. The number of hydrogen-bond donors (Lipinski definition) is 1. The van der Waals surface area contributed by atoms with Gasteiger partial charge in [0.15, 0.2) is 0 Å². The lowest BCUT2D eigenvalue weighted by molar-refractivity contribution is -0.0715. The Balaban J connectivity index is 1.79. The quantitative estimate of drug-likeness (QED) is 0.802. The molecule has 0 aromatic carbocycles. The van der Waals surface area contributed by atoms with Crippen LogP contribution in [0.3, 0.4) is 0 Å². The van der Waals surface area contributed by atoms with Crippen LogP contribution in [0.4, 0.5) is 0 Å². The third-order valence-electron chi connectivity index (χ3n) is 5.01. The number of hydrogen-bond acceptors (Lipinski definition) is 2. The predicted molar refractivity (Wildman–Crippen MR) is 81.5 cm³/mol. The van der Waals surface area contributed by atoms with Gasteiger partial charge in [-0.15, -0.1) is 0 Å². The molecule has 0 aromatic rings. The van der Waals surface area contributed by atoms with Crippen molar-refractivity contribution in [2.75, 3.05) is 6.54 Å². The summed E-state index contributed by atoms with van der Waals surface area (Å²) in [5.74, 6) is 0. The number of ether oxygens (including phenoxy) is 1. The molecule has 19 heavy (non-hydrogen) atoms. The molecule has 2 saturated carbocycles. The van der Waals surface area contributed by atoms with E-state index in [0.717, 1.165) is 6.54 Å². The van der Waals surface area contributed by atoms with Crippen LogP contribution in [0.15, 0.2) is 0 Å². The molecule has 2 rings (SSSR count). The molecule has 0 aliphatic heterocycles. The molecule has 2 aliphatic rings. The summed E-state index contributed by atoms with van der Waals surface area (Å²) in [6.07, 6.45) is 12.7. The van der Waals surface area contributed by atoms with Crippen LogP contribution in [0.5, 0.6) is 0 Å². The first kappa shape index (κ1) is 15.3. The second-order valence-electron chi connectivity index (χ2n) is 7.38. The normalized spacial score (nSPS) is 32.4. The lowest BCUT2D eigenvalue weighted by Gasteiger charge is -2.39. The molecule has 2 heteroatoms. The van der Waals surface area contributed by atoms with Crippen LogP contribution in [0.25, 0.3) is 0 Å². The maximum absolute atomic E-state index is 6.47. The topological polar surface area (TPSA) is 21.3 Å². The lowest BCUT2D eigenvalue weighted by atomic mass is 9.76. The maximum Gasteiger partial charge on any atom is 0.0731 e. The molecule has 0 amide bonds. The van der Waals surface area contributed by atoms with Crippen LogP contribution in [0.1, 0.15) is 78.6 Å². The second kappa shape index (κ2) is 7.08. The van der Waals surface area contributed by atoms with Gasteiger partial charge >= 0.3 is 0 Å². The van der Waals surface area contributed by atoms with Gasteiger partial charge in [-0.3, -0.25) is 0 Å². The molecular weight excluding hydrogens is 234 g/mol. The monoisotopic (exact) mass is 267 g/mol. The fraction of sp³-hybridized carbons (Fsp3) is 1.00. The van der Waals surface area contributed by atoms with Gasteiger partial charge in [-0.25, -0.2) is 0 Å². The highest BCUT2D eigenvalue weighted by molar-refractivity contribution is 4.85. The number of nitrogens with one attached hydrogen (secondary N) is 1. The molecule has 2 aliphatic carbocycles. The van der Waals surface area contributed by atoms with Crippen molar-refractivity contribution >= 4 is 0 Å². The van der Waals surface area contributed by atoms with E-state index in [4.69, 9.17) is 4.74 Å². The van der Waals surface area contributed by atoms with E-state index in [2.05, 4.69) is 26.1 Å². The highest BCUT2D eigenvalue weighted by Crippen LogP contribution is 2.37. The fourth-order valence-electron chi connectivity index (χ4n) is 3.58. The Hall–Kier alpha value is -0.0800. The molecule has 0 radical (unpaired) electrons. The first-order chi connectivity index (χ1) is 9.11. The summed E-state index contributed by atoms with van der Waals surface area (Å²) < 4.78 is 6.47. The van der Waals surface area contributed by atoms with E-state index in [9.17, 15) is 0 Å². The minimum atomic E-state index is 0.478. The average molecular weight is 267 g/mol. The van der Waals surface area contributed by atoms with Gasteiger partial charge in [0.25, 0.3) is 0 Å². The first-order valence-electron chi connectivity index (χ1n) is 8.49. The molecule has 2 fully saturated rings. The molecule has 0 heterocycles. The van der Waals surface area contributed by atoms with Crippen molar-refractivity contribution < 1.29 is 4.74 Å². The predicted octanol–water partition coefficient (Wildman–Crippen LogP) is 4.28. The number of rotatable bonds is 5. The minimum Gasteiger partial charge on any atom is -0.373 e. The van der Waals surface area contributed by atoms with Crippen molar-refractivity contribution in [2.45, 2.75) is 96.8 Å². The minimum absolute atomic E-state index is 0.478. The van der Waals surface area contributed by atoms with E-state index in [1.807, 2.05) is 0 Å². The van der Waals surface area contributed by atoms with Crippen molar-refractivity contribution in [1.82, 2.24) is 5.32 Å². The van der Waals surface area contributed by atoms with E-state index >= 15 is 0 Å². The molecule has 0 aromatic heterocycles. The van der Waals surface area contributed by atoms with Gasteiger partial charge in [0.1, 0.15) is 0 Å². The Morgan fingerprint density at radius 1 is 1.05 bits per heavy atom. The van der Waals surface area contributed by atoms with Crippen molar-refractivity contribution in [1.29, 1.82) is 0 Å². The van der Waals surface area contributed by atoms with Crippen molar-refractivity contribution in [2.24, 2.45) is 5.41 Å². The Morgan fingerprint density at radius 2 is 1.74 bits per heavy atom. The largest absolute Gasteiger partial charge is 0.373 e. The summed E-state index contributed by atoms with van der Waals surface area (Å²) in [6.45, 7) is 8.18. The van der Waals surface area contributed by atoms with E-state index in [0.29, 0.717) is 23.7 Å². The van der Waals surface area contributed by atoms with Gasteiger partial charge in [-0.2, -0.15) is 0 Å². The highest BCUT2D eigenvalue weighted by atomic mass is 16.5. The van der Waals surface area contributed by atoms with Crippen LogP contribution in [-0.2, 0) is 4.74 Å². The van der Waals surface area contributed by atoms with Crippen LogP contribution in [-0.4, -0.2) is 24.8 Å². The Kier molecular flexibility index (Phi) is 5.70. The zero-order chi connectivity index (χ0) is 13.7. The van der Waals surface area contributed by atoms with Crippen LogP contribution in [0, 0.1) is 5.41 Å². The van der Waals surface area contributed by atoms with Gasteiger partial charge in [-0.1, -0.05) is 33.6 Å². The molecule has 2 nitrogen and oxygen atoms in total. The summed E-state index contributed by atoms with van der Waals surface area (Å²) in [6, 6.07) is 0.614. The third kappa shape index (κ3) is 4.75. The van der Waals surface area contributed by atoms with Gasteiger partial charge in [0, 0.05) is 6.04 Å². The van der Waals surface area contributed by atoms with E-state index < -0.39 is 0 Å². The summed E-state index contributed by atoms with van der Waals surface area (Å²) in [7, 11) is 0. The van der Waals surface area contributed by atoms with Gasteiger partial charge in [0.2, 0.25) is 0 Å². The van der Waals surface area contributed by atoms with Crippen LogP contribution < -0.4 is 5.32 Å². The van der Waals surface area contributed by atoms with Crippen molar-refractivity contribution in [3.63, 3.8) is 0 Å². The second-order valence-corrected chi connectivity index (χ2v) is 7.38. The third-order valence-corrected chi connectivity index (χ3v) is 5.01. The smallest absolute Gasteiger partial charge is 0.0731 e. The van der Waals surface area contributed by atoms with E-state index in [1.54, 1.807) is 0 Å². The van der Waals surface area contributed by atoms with Crippen molar-refractivity contribution in [3.8, 4) is 0 Å². The first-order valence-corrected chi connectivity index (χ1v) is 8.49. The lowest BCUT2D eigenvalue weighted by Crippen LogP contribution is -2.46. The summed E-state index contributed by atoms with van der Waals surface area (Å²) in [4.78, 5) is 0. The zero-order valence-electron chi connectivity index (χ0n) is 13.2. The van der Waals surface area contributed by atoms with Gasteiger partial charge in [-0.05, 0) is 56.9 Å². The summed E-state index contributed by atoms with van der Waals surface area (Å²) in [5, 5.41) is 3.70.